The SMILES string of the molecule is C/C(=C\c1ccccc1)CC(C)(N)CO. The third kappa shape index (κ3) is 4.28. The van der Waals surface area contributed by atoms with E-state index in [0.29, 0.717) is 6.42 Å². The number of aliphatic hydroxyl groups is 1. The molecule has 3 N–H and O–H groups in total. The number of rotatable bonds is 4. The van der Waals surface area contributed by atoms with Crippen LogP contribution >= 0.6 is 0 Å². The van der Waals surface area contributed by atoms with Crippen molar-refractivity contribution in [1.82, 2.24) is 0 Å². The molecule has 0 spiro atoms. The molecule has 82 valence electrons. The Labute approximate surface area is 91.4 Å². The van der Waals surface area contributed by atoms with Crippen LogP contribution < -0.4 is 5.73 Å². The van der Waals surface area contributed by atoms with Gasteiger partial charge in [0.2, 0.25) is 0 Å². The molecule has 1 rings (SSSR count). The van der Waals surface area contributed by atoms with Gasteiger partial charge in [-0.2, -0.15) is 0 Å². The van der Waals surface area contributed by atoms with Crippen molar-refractivity contribution in [1.29, 1.82) is 0 Å². The van der Waals surface area contributed by atoms with Gasteiger partial charge in [0.1, 0.15) is 0 Å². The Morgan fingerprint density at radius 3 is 2.53 bits per heavy atom. The molecule has 0 bridgehead atoms. The molecule has 2 heteroatoms. The molecule has 0 fully saturated rings. The van der Waals surface area contributed by atoms with Crippen LogP contribution in [0.5, 0.6) is 0 Å². The van der Waals surface area contributed by atoms with Gasteiger partial charge in [0.15, 0.2) is 0 Å². The van der Waals surface area contributed by atoms with Gasteiger partial charge in [0.25, 0.3) is 0 Å². The summed E-state index contributed by atoms with van der Waals surface area (Å²) >= 11 is 0. The molecule has 1 unspecified atom stereocenters. The highest BCUT2D eigenvalue weighted by Crippen LogP contribution is 2.15. The van der Waals surface area contributed by atoms with E-state index < -0.39 is 5.54 Å². The minimum Gasteiger partial charge on any atom is -0.394 e. The van der Waals surface area contributed by atoms with Gasteiger partial charge in [0, 0.05) is 5.54 Å². The van der Waals surface area contributed by atoms with Crippen molar-refractivity contribution >= 4 is 6.08 Å². The standard InChI is InChI=1S/C13H19NO/c1-11(9-13(2,14)10-15)8-12-6-4-3-5-7-12/h3-8,15H,9-10,14H2,1-2H3/b11-8+. The van der Waals surface area contributed by atoms with E-state index >= 15 is 0 Å². The lowest BCUT2D eigenvalue weighted by atomic mass is 9.94. The van der Waals surface area contributed by atoms with Gasteiger partial charge in [-0.1, -0.05) is 42.0 Å². The van der Waals surface area contributed by atoms with Gasteiger partial charge in [-0.25, -0.2) is 0 Å². The van der Waals surface area contributed by atoms with Crippen LogP contribution in [0.2, 0.25) is 0 Å². The minimum absolute atomic E-state index is 0.00691. The third-order valence-electron chi connectivity index (χ3n) is 2.26. The van der Waals surface area contributed by atoms with Crippen molar-refractivity contribution in [3.63, 3.8) is 0 Å². The number of aliphatic hydroxyl groups excluding tert-OH is 1. The summed E-state index contributed by atoms with van der Waals surface area (Å²) in [5.74, 6) is 0. The number of benzene rings is 1. The Kier molecular flexibility index (Phi) is 4.06. The summed E-state index contributed by atoms with van der Waals surface area (Å²) in [4.78, 5) is 0. The van der Waals surface area contributed by atoms with E-state index in [4.69, 9.17) is 10.8 Å². The van der Waals surface area contributed by atoms with Crippen molar-refractivity contribution in [2.75, 3.05) is 6.61 Å². The van der Waals surface area contributed by atoms with E-state index in [-0.39, 0.29) is 6.61 Å². The molecule has 1 aromatic rings. The molecule has 1 aromatic carbocycles. The molecule has 0 amide bonds. The van der Waals surface area contributed by atoms with Crippen LogP contribution in [0.1, 0.15) is 25.8 Å². The fourth-order valence-corrected chi connectivity index (χ4v) is 1.58. The Balaban J connectivity index is 2.69. The maximum absolute atomic E-state index is 9.06. The van der Waals surface area contributed by atoms with E-state index in [1.807, 2.05) is 32.0 Å². The predicted molar refractivity (Wildman–Crippen MR) is 64.4 cm³/mol. The molecule has 0 aliphatic rings. The molecule has 0 radical (unpaired) electrons. The van der Waals surface area contributed by atoms with Gasteiger partial charge >= 0.3 is 0 Å². The normalized spacial score (nSPS) is 16.1. The molecule has 0 saturated carbocycles. The highest BCUT2D eigenvalue weighted by molar-refractivity contribution is 5.52. The zero-order valence-electron chi connectivity index (χ0n) is 9.40. The van der Waals surface area contributed by atoms with Crippen LogP contribution in [-0.2, 0) is 0 Å². The van der Waals surface area contributed by atoms with Crippen molar-refractivity contribution in [3.05, 3.63) is 41.5 Å². The topological polar surface area (TPSA) is 46.2 Å². The molecular weight excluding hydrogens is 186 g/mol. The summed E-state index contributed by atoms with van der Waals surface area (Å²) in [6.07, 6.45) is 2.80. The summed E-state index contributed by atoms with van der Waals surface area (Å²) < 4.78 is 0. The summed E-state index contributed by atoms with van der Waals surface area (Å²) in [5, 5.41) is 9.06. The van der Waals surface area contributed by atoms with Crippen LogP contribution in [0.15, 0.2) is 35.9 Å². The second-order valence-electron chi connectivity index (χ2n) is 4.39. The first-order valence-electron chi connectivity index (χ1n) is 5.15. The lowest BCUT2D eigenvalue weighted by molar-refractivity contribution is 0.208. The van der Waals surface area contributed by atoms with Gasteiger partial charge in [-0.15, -0.1) is 0 Å². The predicted octanol–water partition coefficient (Wildman–Crippen LogP) is 2.19. The molecule has 2 nitrogen and oxygen atoms in total. The summed E-state index contributed by atoms with van der Waals surface area (Å²) in [6, 6.07) is 10.1. The smallest absolute Gasteiger partial charge is 0.0611 e. The average molecular weight is 205 g/mol. The van der Waals surface area contributed by atoms with Crippen molar-refractivity contribution in [2.24, 2.45) is 5.73 Å². The second kappa shape index (κ2) is 5.10. The van der Waals surface area contributed by atoms with E-state index in [1.54, 1.807) is 0 Å². The number of nitrogens with two attached hydrogens (primary N) is 1. The monoisotopic (exact) mass is 205 g/mol. The molecule has 15 heavy (non-hydrogen) atoms. The molecule has 0 aliphatic carbocycles. The van der Waals surface area contributed by atoms with E-state index in [0.717, 1.165) is 0 Å². The lowest BCUT2D eigenvalue weighted by Gasteiger charge is -2.21. The minimum atomic E-state index is -0.518. The highest BCUT2D eigenvalue weighted by atomic mass is 16.3. The van der Waals surface area contributed by atoms with Crippen LogP contribution in [0.25, 0.3) is 6.08 Å². The van der Waals surface area contributed by atoms with Crippen molar-refractivity contribution in [2.45, 2.75) is 25.8 Å². The molecule has 0 aromatic heterocycles. The first-order chi connectivity index (χ1) is 7.03. The Morgan fingerprint density at radius 2 is 2.00 bits per heavy atom. The maximum atomic E-state index is 9.06. The molecule has 1 atom stereocenters. The Hall–Kier alpha value is -1.12. The van der Waals surface area contributed by atoms with Crippen LogP contribution in [0, 0.1) is 0 Å². The van der Waals surface area contributed by atoms with E-state index in [2.05, 4.69) is 18.2 Å². The summed E-state index contributed by atoms with van der Waals surface area (Å²) in [5.41, 5.74) is 7.71. The summed E-state index contributed by atoms with van der Waals surface area (Å²) in [6.45, 7) is 3.90. The van der Waals surface area contributed by atoms with Gasteiger partial charge in [-0.3, -0.25) is 0 Å². The van der Waals surface area contributed by atoms with Crippen molar-refractivity contribution in [3.8, 4) is 0 Å². The Morgan fingerprint density at radius 1 is 1.40 bits per heavy atom. The lowest BCUT2D eigenvalue weighted by Crippen LogP contribution is -2.40. The van der Waals surface area contributed by atoms with Crippen molar-refractivity contribution < 1.29 is 5.11 Å². The van der Waals surface area contributed by atoms with Gasteiger partial charge in [0.05, 0.1) is 6.61 Å². The van der Waals surface area contributed by atoms with Crippen LogP contribution in [0.4, 0.5) is 0 Å². The molecule has 0 heterocycles. The van der Waals surface area contributed by atoms with Gasteiger partial charge in [-0.05, 0) is 25.8 Å². The molecular formula is C13H19NO. The first kappa shape index (κ1) is 12.0. The largest absolute Gasteiger partial charge is 0.394 e. The van der Waals surface area contributed by atoms with E-state index in [1.165, 1.54) is 11.1 Å². The van der Waals surface area contributed by atoms with Crippen LogP contribution in [0.3, 0.4) is 0 Å². The second-order valence-corrected chi connectivity index (χ2v) is 4.39. The zero-order chi connectivity index (χ0) is 11.3. The molecule has 0 saturated heterocycles. The number of hydrogen-bond donors (Lipinski definition) is 2. The summed E-state index contributed by atoms with van der Waals surface area (Å²) in [7, 11) is 0. The fraction of sp³-hybridized carbons (Fsp3) is 0.385. The average Bonchev–Trinajstić information content (AvgIpc) is 2.18. The molecule has 0 aliphatic heterocycles. The quantitative estimate of drug-likeness (QED) is 0.791. The highest BCUT2D eigenvalue weighted by Gasteiger charge is 2.16. The van der Waals surface area contributed by atoms with Gasteiger partial charge < -0.3 is 10.8 Å². The third-order valence-corrected chi connectivity index (χ3v) is 2.26. The fourth-order valence-electron chi connectivity index (χ4n) is 1.58. The first-order valence-corrected chi connectivity index (χ1v) is 5.15. The Bertz CT molecular complexity index is 328. The van der Waals surface area contributed by atoms with Crippen LogP contribution in [-0.4, -0.2) is 17.3 Å². The number of hydrogen-bond acceptors (Lipinski definition) is 2. The maximum Gasteiger partial charge on any atom is 0.0611 e. The zero-order valence-corrected chi connectivity index (χ0v) is 9.40. The van der Waals surface area contributed by atoms with E-state index in [9.17, 15) is 0 Å².